The van der Waals surface area contributed by atoms with Crippen LogP contribution < -0.4 is 15.4 Å². The third-order valence-corrected chi connectivity index (χ3v) is 3.63. The predicted octanol–water partition coefficient (Wildman–Crippen LogP) is 1.05. The first kappa shape index (κ1) is 14.4. The minimum absolute atomic E-state index is 0.155. The van der Waals surface area contributed by atoms with E-state index in [4.69, 9.17) is 4.74 Å². The Morgan fingerprint density at radius 3 is 3.05 bits per heavy atom. The molecule has 2 heterocycles. The number of nitrogens with zero attached hydrogens (tertiary/aromatic N) is 3. The molecule has 6 heteroatoms. The zero-order chi connectivity index (χ0) is 15.2. The molecule has 0 amide bonds. The topological polar surface area (TPSA) is 63.5 Å². The van der Waals surface area contributed by atoms with Gasteiger partial charge in [-0.1, -0.05) is 18.2 Å². The van der Waals surface area contributed by atoms with Gasteiger partial charge in [-0.05, 0) is 17.7 Å². The number of fused-ring (bicyclic) bond motifs is 1. The van der Waals surface area contributed by atoms with E-state index < -0.39 is 0 Å². The molecule has 0 fully saturated rings. The lowest BCUT2D eigenvalue weighted by molar-refractivity contribution is 0.235. The zero-order valence-corrected chi connectivity index (χ0v) is 12.7. The third-order valence-electron chi connectivity index (χ3n) is 3.63. The molecule has 0 bridgehead atoms. The van der Waals surface area contributed by atoms with E-state index in [1.165, 1.54) is 5.56 Å². The van der Waals surface area contributed by atoms with Crippen LogP contribution in [0.4, 0.5) is 0 Å². The number of aromatic nitrogens is 2. The van der Waals surface area contributed by atoms with E-state index in [1.54, 1.807) is 13.2 Å². The molecule has 116 valence electrons. The first-order valence-corrected chi connectivity index (χ1v) is 7.51. The lowest BCUT2D eigenvalue weighted by Crippen LogP contribution is -2.43. The second-order valence-corrected chi connectivity index (χ2v) is 5.20. The van der Waals surface area contributed by atoms with Gasteiger partial charge in [-0.25, -0.2) is 0 Å². The molecule has 2 N–H and O–H groups in total. The molecule has 1 atom stereocenters. The van der Waals surface area contributed by atoms with Gasteiger partial charge in [0, 0.05) is 32.4 Å². The number of hydrogen-bond acceptors (Lipinski definition) is 3. The fourth-order valence-corrected chi connectivity index (χ4v) is 2.52. The van der Waals surface area contributed by atoms with Crippen LogP contribution in [0.25, 0.3) is 0 Å². The summed E-state index contributed by atoms with van der Waals surface area (Å²) in [6, 6.07) is 10.1. The lowest BCUT2D eigenvalue weighted by Gasteiger charge is -2.15. The number of rotatable bonds is 5. The summed E-state index contributed by atoms with van der Waals surface area (Å²) in [5.74, 6) is 1.78. The highest BCUT2D eigenvalue weighted by atomic mass is 16.5. The van der Waals surface area contributed by atoms with Crippen molar-refractivity contribution in [1.29, 1.82) is 0 Å². The van der Waals surface area contributed by atoms with Gasteiger partial charge in [-0.15, -0.1) is 0 Å². The number of benzene rings is 1. The van der Waals surface area contributed by atoms with Gasteiger partial charge in [0.1, 0.15) is 11.9 Å². The standard InChI is InChI=1S/C16H21N5O/c1-17-16(18-8-10-21-9-4-7-20-21)19-12-14-11-13-5-2-3-6-15(13)22-14/h2-7,9,14H,8,10-12H2,1H3,(H2,17,18,19). The average molecular weight is 299 g/mol. The molecule has 1 aliphatic rings. The fourth-order valence-electron chi connectivity index (χ4n) is 2.52. The van der Waals surface area contributed by atoms with E-state index in [2.05, 4.69) is 26.8 Å². The molecule has 0 saturated carbocycles. The molecule has 1 aromatic heterocycles. The Kier molecular flexibility index (Phi) is 4.58. The predicted molar refractivity (Wildman–Crippen MR) is 86.2 cm³/mol. The van der Waals surface area contributed by atoms with Crippen LogP contribution in [0, 0.1) is 0 Å². The summed E-state index contributed by atoms with van der Waals surface area (Å²) in [5, 5.41) is 10.8. The Bertz CT molecular complexity index is 598. The Labute approximate surface area is 130 Å². The van der Waals surface area contributed by atoms with Crippen LogP contribution in [-0.4, -0.2) is 42.0 Å². The van der Waals surface area contributed by atoms with Gasteiger partial charge in [0.25, 0.3) is 0 Å². The fraction of sp³-hybridized carbons (Fsp3) is 0.375. The maximum absolute atomic E-state index is 5.91. The molecule has 3 rings (SSSR count). The summed E-state index contributed by atoms with van der Waals surface area (Å²) >= 11 is 0. The summed E-state index contributed by atoms with van der Waals surface area (Å²) in [7, 11) is 1.77. The minimum atomic E-state index is 0.155. The van der Waals surface area contributed by atoms with Crippen molar-refractivity contribution in [3.05, 3.63) is 48.3 Å². The van der Waals surface area contributed by atoms with E-state index in [-0.39, 0.29) is 6.10 Å². The van der Waals surface area contributed by atoms with Crippen LogP contribution in [0.1, 0.15) is 5.56 Å². The summed E-state index contributed by atoms with van der Waals surface area (Å²) in [4.78, 5) is 4.23. The summed E-state index contributed by atoms with van der Waals surface area (Å²) in [5.41, 5.74) is 1.27. The molecule has 2 aromatic rings. The maximum Gasteiger partial charge on any atom is 0.191 e. The number of ether oxygens (including phenoxy) is 1. The first-order valence-electron chi connectivity index (χ1n) is 7.51. The molecule has 6 nitrogen and oxygen atoms in total. The Morgan fingerprint density at radius 1 is 1.36 bits per heavy atom. The molecule has 0 spiro atoms. The third kappa shape index (κ3) is 3.58. The number of guanidine groups is 1. The molecular formula is C16H21N5O. The summed E-state index contributed by atoms with van der Waals surface area (Å²) in [6.07, 6.45) is 4.82. The van der Waals surface area contributed by atoms with Gasteiger partial charge >= 0.3 is 0 Å². The largest absolute Gasteiger partial charge is 0.488 e. The lowest BCUT2D eigenvalue weighted by atomic mass is 10.1. The monoisotopic (exact) mass is 299 g/mol. The normalized spacial score (nSPS) is 17.0. The van der Waals surface area contributed by atoms with Crippen molar-refractivity contribution < 1.29 is 4.74 Å². The van der Waals surface area contributed by atoms with E-state index in [9.17, 15) is 0 Å². The van der Waals surface area contributed by atoms with Crippen LogP contribution in [0.15, 0.2) is 47.7 Å². The van der Waals surface area contributed by atoms with Gasteiger partial charge in [0.15, 0.2) is 5.96 Å². The van der Waals surface area contributed by atoms with Crippen LogP contribution in [0.3, 0.4) is 0 Å². The van der Waals surface area contributed by atoms with Gasteiger partial charge in [0.2, 0.25) is 0 Å². The molecule has 1 aromatic carbocycles. The van der Waals surface area contributed by atoms with Gasteiger partial charge in [0.05, 0.1) is 13.1 Å². The van der Waals surface area contributed by atoms with Crippen LogP contribution in [0.5, 0.6) is 5.75 Å². The second-order valence-electron chi connectivity index (χ2n) is 5.20. The van der Waals surface area contributed by atoms with Crippen molar-refractivity contribution in [2.24, 2.45) is 4.99 Å². The summed E-state index contributed by atoms with van der Waals surface area (Å²) < 4.78 is 7.79. The van der Waals surface area contributed by atoms with E-state index in [0.29, 0.717) is 0 Å². The Hall–Kier alpha value is -2.50. The van der Waals surface area contributed by atoms with Crippen molar-refractivity contribution in [3.63, 3.8) is 0 Å². The smallest absolute Gasteiger partial charge is 0.191 e. The quantitative estimate of drug-likeness (QED) is 0.640. The van der Waals surface area contributed by atoms with E-state index in [1.807, 2.05) is 35.1 Å². The van der Waals surface area contributed by atoms with Gasteiger partial charge in [-0.2, -0.15) is 5.10 Å². The molecule has 0 radical (unpaired) electrons. The van der Waals surface area contributed by atoms with Gasteiger partial charge in [-0.3, -0.25) is 9.67 Å². The highest BCUT2D eigenvalue weighted by Gasteiger charge is 2.22. The number of para-hydroxylation sites is 1. The van der Waals surface area contributed by atoms with E-state index in [0.717, 1.165) is 37.8 Å². The molecule has 0 saturated heterocycles. The summed E-state index contributed by atoms with van der Waals surface area (Å²) in [6.45, 7) is 2.31. The molecule has 1 unspecified atom stereocenters. The minimum Gasteiger partial charge on any atom is -0.488 e. The van der Waals surface area contributed by atoms with Crippen LogP contribution >= 0.6 is 0 Å². The van der Waals surface area contributed by atoms with Gasteiger partial charge < -0.3 is 15.4 Å². The highest BCUT2D eigenvalue weighted by molar-refractivity contribution is 5.79. The number of hydrogen-bond donors (Lipinski definition) is 2. The van der Waals surface area contributed by atoms with Crippen molar-refractivity contribution in [3.8, 4) is 5.75 Å². The second kappa shape index (κ2) is 6.98. The highest BCUT2D eigenvalue weighted by Crippen LogP contribution is 2.27. The Balaban J connectivity index is 1.40. The first-order chi connectivity index (χ1) is 10.8. The number of nitrogens with one attached hydrogen (secondary N) is 2. The average Bonchev–Trinajstić information content (AvgIpc) is 3.19. The van der Waals surface area contributed by atoms with Crippen LogP contribution in [-0.2, 0) is 13.0 Å². The molecular weight excluding hydrogens is 278 g/mol. The van der Waals surface area contributed by atoms with Crippen molar-refractivity contribution in [2.45, 2.75) is 19.1 Å². The van der Waals surface area contributed by atoms with E-state index >= 15 is 0 Å². The SMILES string of the molecule is CN=C(NCCn1cccn1)NCC1Cc2ccccc2O1. The maximum atomic E-state index is 5.91. The zero-order valence-electron chi connectivity index (χ0n) is 12.7. The van der Waals surface area contributed by atoms with Crippen LogP contribution in [0.2, 0.25) is 0 Å². The molecule has 0 aliphatic carbocycles. The number of aliphatic imine (C=N–C) groups is 1. The Morgan fingerprint density at radius 2 is 2.27 bits per heavy atom. The van der Waals surface area contributed by atoms with Crippen molar-refractivity contribution in [2.75, 3.05) is 20.1 Å². The van der Waals surface area contributed by atoms with Crippen molar-refractivity contribution >= 4 is 5.96 Å². The molecule has 1 aliphatic heterocycles. The molecule has 22 heavy (non-hydrogen) atoms. The van der Waals surface area contributed by atoms with Crippen molar-refractivity contribution in [1.82, 2.24) is 20.4 Å².